The van der Waals surface area contributed by atoms with Gasteiger partial charge < -0.3 is 14.6 Å². The van der Waals surface area contributed by atoms with E-state index in [1.165, 1.54) is 0 Å². The minimum absolute atomic E-state index is 0.169. The van der Waals surface area contributed by atoms with Gasteiger partial charge in [0.2, 0.25) is 0 Å². The van der Waals surface area contributed by atoms with Crippen molar-refractivity contribution >= 4 is 0 Å². The lowest BCUT2D eigenvalue weighted by Crippen LogP contribution is -2.36. The molecule has 1 aliphatic heterocycles. The summed E-state index contributed by atoms with van der Waals surface area (Å²) in [7, 11) is 0. The Hall–Kier alpha value is -0.120. The molecule has 1 heterocycles. The number of ether oxygens (including phenoxy) is 2. The Kier molecular flexibility index (Phi) is 4.58. The Morgan fingerprint density at radius 2 is 2.25 bits per heavy atom. The fraction of sp³-hybridized carbons (Fsp3) is 1.00. The van der Waals surface area contributed by atoms with Gasteiger partial charge in [-0.15, -0.1) is 0 Å². The average molecular weight is 174 g/mol. The molecular weight excluding hydrogens is 156 g/mol. The van der Waals surface area contributed by atoms with E-state index in [0.29, 0.717) is 6.10 Å². The Morgan fingerprint density at radius 3 is 2.75 bits per heavy atom. The molecule has 0 aromatic rings. The maximum atomic E-state index is 8.96. The first kappa shape index (κ1) is 9.96. The predicted molar refractivity (Wildman–Crippen MR) is 46.1 cm³/mol. The highest BCUT2D eigenvalue weighted by Gasteiger charge is 2.17. The lowest BCUT2D eigenvalue weighted by Gasteiger charge is -2.25. The van der Waals surface area contributed by atoms with E-state index in [4.69, 9.17) is 14.6 Å². The first-order valence-corrected chi connectivity index (χ1v) is 4.66. The summed E-state index contributed by atoms with van der Waals surface area (Å²) in [6, 6.07) is 0. The molecule has 0 saturated carbocycles. The summed E-state index contributed by atoms with van der Waals surface area (Å²) in [6.07, 6.45) is 3.14. The second-order valence-electron chi connectivity index (χ2n) is 3.38. The summed E-state index contributed by atoms with van der Waals surface area (Å²) >= 11 is 0. The molecule has 0 amide bonds. The van der Waals surface area contributed by atoms with Crippen LogP contribution in [0, 0.1) is 0 Å². The normalized spacial score (nSPS) is 20.5. The van der Waals surface area contributed by atoms with Gasteiger partial charge in [-0.1, -0.05) is 0 Å². The molecule has 1 fully saturated rings. The molecule has 3 heteroatoms. The highest BCUT2D eigenvalue weighted by molar-refractivity contribution is 4.63. The van der Waals surface area contributed by atoms with Crippen molar-refractivity contribution in [1.82, 2.24) is 0 Å². The number of aliphatic hydroxyl groups excluding tert-OH is 1. The second-order valence-corrected chi connectivity index (χ2v) is 3.38. The number of aliphatic hydroxyl groups is 1. The van der Waals surface area contributed by atoms with Crippen LogP contribution in [-0.2, 0) is 9.47 Å². The Bertz CT molecular complexity index is 110. The van der Waals surface area contributed by atoms with Gasteiger partial charge in [-0.05, 0) is 26.2 Å². The van der Waals surface area contributed by atoms with Crippen molar-refractivity contribution < 1.29 is 14.6 Å². The Labute approximate surface area is 73.7 Å². The highest BCUT2D eigenvalue weighted by Crippen LogP contribution is 2.07. The third kappa shape index (κ3) is 4.04. The summed E-state index contributed by atoms with van der Waals surface area (Å²) < 4.78 is 10.4. The molecule has 1 saturated heterocycles. The van der Waals surface area contributed by atoms with Crippen LogP contribution in [0.15, 0.2) is 0 Å². The third-order valence-electron chi connectivity index (χ3n) is 1.98. The van der Waals surface area contributed by atoms with Gasteiger partial charge >= 0.3 is 0 Å². The number of rotatable bonds is 6. The molecule has 0 aliphatic carbocycles. The van der Waals surface area contributed by atoms with Gasteiger partial charge in [0.25, 0.3) is 0 Å². The van der Waals surface area contributed by atoms with E-state index < -0.39 is 0 Å². The molecule has 3 nitrogen and oxygen atoms in total. The molecule has 0 aromatic heterocycles. The number of unbranched alkanes of at least 4 members (excludes halogenated alkanes) is 1. The lowest BCUT2D eigenvalue weighted by molar-refractivity contribution is -0.130. The molecule has 72 valence electrons. The maximum Gasteiger partial charge on any atom is 0.104 e. The van der Waals surface area contributed by atoms with Gasteiger partial charge in [-0.2, -0.15) is 0 Å². The van der Waals surface area contributed by atoms with Crippen LogP contribution in [0.3, 0.4) is 0 Å². The van der Waals surface area contributed by atoms with Crippen molar-refractivity contribution in [2.75, 3.05) is 19.8 Å². The number of hydrogen-bond donors (Lipinski definition) is 1. The summed E-state index contributed by atoms with van der Waals surface area (Å²) in [5.74, 6) is 0. The molecule has 1 rings (SSSR count). The topological polar surface area (TPSA) is 38.7 Å². The van der Waals surface area contributed by atoms with Crippen molar-refractivity contribution in [3.05, 3.63) is 0 Å². The van der Waals surface area contributed by atoms with Crippen molar-refractivity contribution in [2.45, 2.75) is 38.4 Å². The zero-order chi connectivity index (χ0) is 8.81. The Balaban J connectivity index is 1.76. The first-order chi connectivity index (χ1) is 5.79. The molecule has 1 unspecified atom stereocenters. The molecule has 12 heavy (non-hydrogen) atoms. The van der Waals surface area contributed by atoms with Gasteiger partial charge in [0.05, 0.1) is 19.3 Å². The minimum atomic E-state index is -0.169. The van der Waals surface area contributed by atoms with Crippen molar-refractivity contribution in [2.24, 2.45) is 0 Å². The number of hydrogen-bond acceptors (Lipinski definition) is 3. The predicted octanol–water partition coefficient (Wildman–Crippen LogP) is 0.953. The zero-order valence-corrected chi connectivity index (χ0v) is 7.66. The van der Waals surface area contributed by atoms with E-state index >= 15 is 0 Å². The smallest absolute Gasteiger partial charge is 0.104 e. The summed E-state index contributed by atoms with van der Waals surface area (Å²) in [6.45, 7) is 4.15. The van der Waals surface area contributed by atoms with Gasteiger partial charge in [-0.3, -0.25) is 0 Å². The van der Waals surface area contributed by atoms with Crippen molar-refractivity contribution in [3.63, 3.8) is 0 Å². The van der Waals surface area contributed by atoms with Crippen LogP contribution in [0.2, 0.25) is 0 Å². The quantitative estimate of drug-likeness (QED) is 0.609. The monoisotopic (exact) mass is 174 g/mol. The van der Waals surface area contributed by atoms with Crippen LogP contribution in [0.1, 0.15) is 26.2 Å². The fourth-order valence-electron chi connectivity index (χ4n) is 1.10. The molecular formula is C9H18O3. The van der Waals surface area contributed by atoms with Gasteiger partial charge in [-0.25, -0.2) is 0 Å². The largest absolute Gasteiger partial charge is 0.393 e. The van der Waals surface area contributed by atoms with Crippen LogP contribution < -0.4 is 0 Å². The second kappa shape index (κ2) is 5.51. The molecule has 0 bridgehead atoms. The van der Waals surface area contributed by atoms with Crippen molar-refractivity contribution in [1.29, 1.82) is 0 Å². The molecule has 1 atom stereocenters. The van der Waals surface area contributed by atoms with Crippen LogP contribution >= 0.6 is 0 Å². The molecule has 0 aromatic carbocycles. The van der Waals surface area contributed by atoms with Gasteiger partial charge in [0.15, 0.2) is 0 Å². The standard InChI is InChI=1S/C9H18O3/c1-8(10)4-2-3-5-12-9-6-11-7-9/h8-10H,2-7H2,1H3. The lowest BCUT2D eigenvalue weighted by atomic mass is 10.2. The van der Waals surface area contributed by atoms with E-state index in [1.54, 1.807) is 0 Å². The summed E-state index contributed by atoms with van der Waals surface area (Å²) in [5, 5.41) is 8.96. The Morgan fingerprint density at radius 1 is 1.50 bits per heavy atom. The molecule has 1 N–H and O–H groups in total. The third-order valence-corrected chi connectivity index (χ3v) is 1.98. The van der Waals surface area contributed by atoms with E-state index in [0.717, 1.165) is 39.1 Å². The molecule has 1 aliphatic rings. The summed E-state index contributed by atoms with van der Waals surface area (Å²) in [4.78, 5) is 0. The highest BCUT2D eigenvalue weighted by atomic mass is 16.6. The fourth-order valence-corrected chi connectivity index (χ4v) is 1.10. The van der Waals surface area contributed by atoms with E-state index in [9.17, 15) is 0 Å². The molecule has 0 spiro atoms. The van der Waals surface area contributed by atoms with Gasteiger partial charge in [0.1, 0.15) is 6.10 Å². The maximum absolute atomic E-state index is 8.96. The van der Waals surface area contributed by atoms with E-state index in [2.05, 4.69) is 0 Å². The van der Waals surface area contributed by atoms with Crippen molar-refractivity contribution in [3.8, 4) is 0 Å². The average Bonchev–Trinajstić information content (AvgIpc) is 1.92. The van der Waals surface area contributed by atoms with Crippen LogP contribution in [0.25, 0.3) is 0 Å². The van der Waals surface area contributed by atoms with E-state index in [-0.39, 0.29) is 6.10 Å². The van der Waals surface area contributed by atoms with Crippen LogP contribution in [0.4, 0.5) is 0 Å². The zero-order valence-electron chi connectivity index (χ0n) is 7.66. The minimum Gasteiger partial charge on any atom is -0.393 e. The van der Waals surface area contributed by atoms with E-state index in [1.807, 2.05) is 6.92 Å². The van der Waals surface area contributed by atoms with Crippen LogP contribution in [0.5, 0.6) is 0 Å². The first-order valence-electron chi connectivity index (χ1n) is 4.66. The van der Waals surface area contributed by atoms with Crippen LogP contribution in [-0.4, -0.2) is 37.1 Å². The molecule has 0 radical (unpaired) electrons. The SMILES string of the molecule is CC(O)CCCCOC1COC1. The van der Waals surface area contributed by atoms with Gasteiger partial charge in [0, 0.05) is 6.61 Å². The summed E-state index contributed by atoms with van der Waals surface area (Å²) in [5.41, 5.74) is 0.